The molecule has 0 saturated heterocycles. The van der Waals surface area contributed by atoms with Gasteiger partial charge in [-0.25, -0.2) is 0 Å². The zero-order valence-electron chi connectivity index (χ0n) is 18.0. The highest BCUT2D eigenvalue weighted by Gasteiger charge is 2.45. The van der Waals surface area contributed by atoms with Crippen molar-refractivity contribution in [3.8, 4) is 6.07 Å². The maximum atomic E-state index is 13.5. The van der Waals surface area contributed by atoms with E-state index < -0.39 is 0 Å². The molecule has 5 heteroatoms. The summed E-state index contributed by atoms with van der Waals surface area (Å²) >= 11 is 1.63. The van der Waals surface area contributed by atoms with Gasteiger partial charge in [0.25, 0.3) is 0 Å². The molecule has 1 unspecified atom stereocenters. The second-order valence-corrected chi connectivity index (χ2v) is 10.2. The third-order valence-electron chi connectivity index (χ3n) is 6.04. The van der Waals surface area contributed by atoms with Crippen LogP contribution >= 0.6 is 11.3 Å². The summed E-state index contributed by atoms with van der Waals surface area (Å²) in [7, 11) is 0. The van der Waals surface area contributed by atoms with Crippen molar-refractivity contribution in [3.05, 3.63) is 74.4 Å². The summed E-state index contributed by atoms with van der Waals surface area (Å²) in [5.41, 5.74) is 10.8. The Bertz CT molecular complexity index is 1130. The van der Waals surface area contributed by atoms with Gasteiger partial charge in [-0.2, -0.15) is 5.26 Å². The van der Waals surface area contributed by atoms with Crippen LogP contribution in [0.2, 0.25) is 0 Å². The lowest BCUT2D eigenvalue weighted by molar-refractivity contribution is -0.118. The smallest absolute Gasteiger partial charge is 0.162 e. The molecule has 2 aliphatic rings. The Balaban J connectivity index is 2.02. The van der Waals surface area contributed by atoms with Crippen LogP contribution in [0, 0.1) is 23.7 Å². The molecule has 2 N–H and O–H groups in total. The Hall–Kier alpha value is -2.84. The summed E-state index contributed by atoms with van der Waals surface area (Å²) in [6, 6.07) is 14.5. The van der Waals surface area contributed by atoms with E-state index in [-0.39, 0.29) is 17.1 Å². The number of carbonyl (C=O) groups is 1. The van der Waals surface area contributed by atoms with E-state index in [1.807, 2.05) is 42.2 Å². The maximum absolute atomic E-state index is 13.5. The van der Waals surface area contributed by atoms with E-state index >= 15 is 0 Å². The van der Waals surface area contributed by atoms with Gasteiger partial charge in [0.1, 0.15) is 5.82 Å². The van der Waals surface area contributed by atoms with E-state index in [1.165, 1.54) is 0 Å². The second-order valence-electron chi connectivity index (χ2n) is 8.91. The number of ketones is 1. The highest BCUT2D eigenvalue weighted by atomic mass is 32.1. The largest absolute Gasteiger partial charge is 0.384 e. The van der Waals surface area contributed by atoms with E-state index in [2.05, 4.69) is 32.9 Å². The number of para-hydroxylation sites is 1. The standard InChI is InChI=1S/C25H27N3OS/c1-5-16-8-6-7-9-18(16)28-19-12-25(3,4)13-20(29)23(19)22(17(14-26)24(28)27)21-11-10-15(2)30-21/h6-11,22H,5,12-13,27H2,1-4H3. The van der Waals surface area contributed by atoms with Gasteiger partial charge in [0.15, 0.2) is 5.78 Å². The van der Waals surface area contributed by atoms with Crippen LogP contribution in [0.3, 0.4) is 0 Å². The lowest BCUT2D eigenvalue weighted by Gasteiger charge is -2.44. The van der Waals surface area contributed by atoms with Gasteiger partial charge < -0.3 is 5.73 Å². The first-order valence-corrected chi connectivity index (χ1v) is 11.2. The number of Topliss-reactive ketones (excluding diaryl/α,β-unsaturated/α-hetero) is 1. The first-order chi connectivity index (χ1) is 14.3. The zero-order valence-corrected chi connectivity index (χ0v) is 18.8. The van der Waals surface area contributed by atoms with Gasteiger partial charge >= 0.3 is 0 Å². The molecule has 0 bridgehead atoms. The Kier molecular flexibility index (Phi) is 5.07. The minimum Gasteiger partial charge on any atom is -0.384 e. The van der Waals surface area contributed by atoms with Gasteiger partial charge in [-0.15, -0.1) is 11.3 Å². The van der Waals surface area contributed by atoms with Crippen molar-refractivity contribution in [2.24, 2.45) is 11.1 Å². The van der Waals surface area contributed by atoms with E-state index in [9.17, 15) is 10.1 Å². The third kappa shape index (κ3) is 3.26. The van der Waals surface area contributed by atoms with Gasteiger partial charge in [0, 0.05) is 27.4 Å². The van der Waals surface area contributed by atoms with Crippen molar-refractivity contribution >= 4 is 22.8 Å². The number of anilines is 1. The van der Waals surface area contributed by atoms with Gasteiger partial charge in [0.2, 0.25) is 0 Å². The first kappa shape index (κ1) is 20.4. The van der Waals surface area contributed by atoms with Crippen LogP contribution in [0.5, 0.6) is 0 Å². The second kappa shape index (κ2) is 7.45. The predicted octanol–water partition coefficient (Wildman–Crippen LogP) is 5.56. The summed E-state index contributed by atoms with van der Waals surface area (Å²) in [4.78, 5) is 17.6. The normalized spacial score (nSPS) is 21.0. The minimum absolute atomic E-state index is 0.122. The van der Waals surface area contributed by atoms with Crippen LogP contribution in [0.1, 0.15) is 54.8 Å². The number of hydrogen-bond donors (Lipinski definition) is 1. The number of thiophene rings is 1. The molecule has 4 rings (SSSR count). The monoisotopic (exact) mass is 417 g/mol. The van der Waals surface area contributed by atoms with Gasteiger partial charge in [-0.1, -0.05) is 39.0 Å². The van der Waals surface area contributed by atoms with Crippen molar-refractivity contribution in [1.82, 2.24) is 0 Å². The van der Waals surface area contributed by atoms with Gasteiger partial charge in [0.05, 0.1) is 23.2 Å². The molecule has 4 nitrogen and oxygen atoms in total. The maximum Gasteiger partial charge on any atom is 0.162 e. The lowest BCUT2D eigenvalue weighted by atomic mass is 9.69. The molecular weight excluding hydrogens is 390 g/mol. The molecule has 0 fully saturated rings. The number of hydrogen-bond acceptors (Lipinski definition) is 5. The van der Waals surface area contributed by atoms with Crippen LogP contribution in [-0.2, 0) is 11.2 Å². The topological polar surface area (TPSA) is 70.1 Å². The number of carbonyl (C=O) groups excluding carboxylic acids is 1. The van der Waals surface area contributed by atoms with Crippen molar-refractivity contribution in [1.29, 1.82) is 5.26 Å². The number of rotatable bonds is 3. The fraction of sp³-hybridized carbons (Fsp3) is 0.360. The van der Waals surface area contributed by atoms with Crippen LogP contribution in [0.15, 0.2) is 59.1 Å². The molecule has 0 spiro atoms. The molecule has 2 heterocycles. The SMILES string of the molecule is CCc1ccccc1N1C(N)=C(C#N)C(c2ccc(C)s2)C2=C1CC(C)(C)CC2=O. The molecule has 154 valence electrons. The van der Waals surface area contributed by atoms with Crippen molar-refractivity contribution in [2.75, 3.05) is 4.90 Å². The fourth-order valence-electron chi connectivity index (χ4n) is 4.71. The van der Waals surface area contributed by atoms with Crippen LogP contribution in [-0.4, -0.2) is 5.78 Å². The number of nitrogens with two attached hydrogens (primary N) is 1. The van der Waals surface area contributed by atoms with Crippen LogP contribution < -0.4 is 10.6 Å². The molecule has 1 aliphatic carbocycles. The summed E-state index contributed by atoms with van der Waals surface area (Å²) in [5.74, 6) is 0.188. The summed E-state index contributed by atoms with van der Waals surface area (Å²) in [5, 5.41) is 10.1. The van der Waals surface area contributed by atoms with Crippen molar-refractivity contribution in [2.45, 2.75) is 52.9 Å². The average Bonchev–Trinajstić information content (AvgIpc) is 3.12. The summed E-state index contributed by atoms with van der Waals surface area (Å²) in [6.07, 6.45) is 2.07. The zero-order chi connectivity index (χ0) is 21.6. The first-order valence-electron chi connectivity index (χ1n) is 10.4. The quantitative estimate of drug-likeness (QED) is 0.710. The van der Waals surface area contributed by atoms with E-state index in [4.69, 9.17) is 5.73 Å². The van der Waals surface area contributed by atoms with E-state index in [1.54, 1.807) is 11.3 Å². The van der Waals surface area contributed by atoms with Crippen molar-refractivity contribution < 1.29 is 4.79 Å². The highest BCUT2D eigenvalue weighted by molar-refractivity contribution is 7.12. The molecule has 2 aromatic rings. The average molecular weight is 418 g/mol. The van der Waals surface area contributed by atoms with E-state index in [0.29, 0.717) is 17.8 Å². The molecule has 1 aromatic carbocycles. The molecule has 0 radical (unpaired) electrons. The number of nitriles is 1. The third-order valence-corrected chi connectivity index (χ3v) is 7.11. The van der Waals surface area contributed by atoms with Gasteiger partial charge in [-0.05, 0) is 48.9 Å². The number of benzene rings is 1. The molecule has 30 heavy (non-hydrogen) atoms. The fourth-order valence-corrected chi connectivity index (χ4v) is 5.70. The molecule has 1 atom stereocenters. The highest BCUT2D eigenvalue weighted by Crippen LogP contribution is 2.51. The summed E-state index contributed by atoms with van der Waals surface area (Å²) in [6.45, 7) is 8.41. The molecule has 1 aliphatic heterocycles. The Morgan fingerprint density at radius 3 is 2.60 bits per heavy atom. The molecular formula is C25H27N3OS. The Labute approximate surface area is 182 Å². The Morgan fingerprint density at radius 1 is 1.23 bits per heavy atom. The lowest BCUT2D eigenvalue weighted by Crippen LogP contribution is -2.42. The van der Waals surface area contributed by atoms with E-state index in [0.717, 1.165) is 45.1 Å². The van der Waals surface area contributed by atoms with Crippen LogP contribution in [0.4, 0.5) is 5.69 Å². The number of nitrogens with zero attached hydrogens (tertiary/aromatic N) is 2. The Morgan fingerprint density at radius 2 is 1.97 bits per heavy atom. The van der Waals surface area contributed by atoms with Gasteiger partial charge in [-0.3, -0.25) is 9.69 Å². The predicted molar refractivity (Wildman–Crippen MR) is 122 cm³/mol. The molecule has 0 saturated carbocycles. The number of allylic oxidation sites excluding steroid dienone is 3. The van der Waals surface area contributed by atoms with Crippen molar-refractivity contribution in [3.63, 3.8) is 0 Å². The number of aryl methyl sites for hydroxylation is 2. The van der Waals surface area contributed by atoms with Crippen LogP contribution in [0.25, 0.3) is 0 Å². The molecule has 0 amide bonds. The minimum atomic E-state index is -0.377. The molecule has 1 aromatic heterocycles. The summed E-state index contributed by atoms with van der Waals surface area (Å²) < 4.78 is 0.